The largest absolute Gasteiger partial charge is 0.385 e. The third-order valence-electron chi connectivity index (χ3n) is 3.04. The van der Waals surface area contributed by atoms with Crippen LogP contribution in [-0.2, 0) is 4.74 Å². The molecule has 1 aromatic carbocycles. The minimum Gasteiger partial charge on any atom is -0.385 e. The highest BCUT2D eigenvalue weighted by atomic mass is 16.5. The number of benzene rings is 1. The Labute approximate surface area is 116 Å². The molecule has 1 atom stereocenters. The number of aromatic nitrogens is 2. The number of aromatic amines is 1. The van der Waals surface area contributed by atoms with Gasteiger partial charge in [0, 0.05) is 25.1 Å². The molecule has 0 saturated heterocycles. The topological polar surface area (TPSA) is 84.1 Å². The second kappa shape index (κ2) is 6.29. The predicted molar refractivity (Wildman–Crippen MR) is 75.8 cm³/mol. The van der Waals surface area contributed by atoms with Crippen molar-refractivity contribution in [1.29, 1.82) is 0 Å². The molecule has 0 bridgehead atoms. The van der Waals surface area contributed by atoms with Gasteiger partial charge in [0.1, 0.15) is 0 Å². The summed E-state index contributed by atoms with van der Waals surface area (Å²) in [4.78, 5) is 23.9. The smallest absolute Gasteiger partial charge is 0.272 e. The first-order valence-electron chi connectivity index (χ1n) is 6.40. The van der Waals surface area contributed by atoms with E-state index in [0.29, 0.717) is 23.8 Å². The van der Waals surface area contributed by atoms with Gasteiger partial charge in [-0.05, 0) is 19.4 Å². The number of carbonyl (C=O) groups is 1. The van der Waals surface area contributed by atoms with Crippen LogP contribution in [0.2, 0.25) is 0 Å². The number of methoxy groups -OCH3 is 1. The first kappa shape index (κ1) is 14.2. The molecule has 0 fully saturated rings. The Kier molecular flexibility index (Phi) is 4.47. The van der Waals surface area contributed by atoms with Gasteiger partial charge in [0.2, 0.25) is 0 Å². The fourth-order valence-electron chi connectivity index (χ4n) is 1.95. The lowest BCUT2D eigenvalue weighted by atomic mass is 10.1. The van der Waals surface area contributed by atoms with Crippen molar-refractivity contribution in [1.82, 2.24) is 15.5 Å². The Bertz CT molecular complexity index is 666. The van der Waals surface area contributed by atoms with E-state index < -0.39 is 0 Å². The van der Waals surface area contributed by atoms with E-state index in [2.05, 4.69) is 15.5 Å². The van der Waals surface area contributed by atoms with Crippen LogP contribution in [-0.4, -0.2) is 35.9 Å². The number of rotatable bonds is 5. The molecule has 106 valence electrons. The van der Waals surface area contributed by atoms with E-state index in [4.69, 9.17) is 4.74 Å². The molecule has 0 spiro atoms. The summed E-state index contributed by atoms with van der Waals surface area (Å²) < 4.78 is 4.97. The fraction of sp³-hybridized carbons (Fsp3) is 0.357. The third kappa shape index (κ3) is 3.03. The Morgan fingerprint density at radius 1 is 1.40 bits per heavy atom. The van der Waals surface area contributed by atoms with Crippen LogP contribution in [0, 0.1) is 0 Å². The number of nitrogens with one attached hydrogen (secondary N) is 2. The second-order valence-corrected chi connectivity index (χ2v) is 4.60. The van der Waals surface area contributed by atoms with Crippen LogP contribution >= 0.6 is 0 Å². The number of hydrogen-bond acceptors (Lipinski definition) is 4. The molecule has 1 amide bonds. The molecule has 0 saturated carbocycles. The monoisotopic (exact) mass is 275 g/mol. The lowest BCUT2D eigenvalue weighted by molar-refractivity contribution is 0.0925. The number of fused-ring (bicyclic) bond motifs is 1. The van der Waals surface area contributed by atoms with Gasteiger partial charge in [-0.15, -0.1) is 0 Å². The molecule has 0 aliphatic rings. The van der Waals surface area contributed by atoms with Gasteiger partial charge in [0.05, 0.1) is 5.39 Å². The summed E-state index contributed by atoms with van der Waals surface area (Å²) in [5.74, 6) is -0.305. The van der Waals surface area contributed by atoms with Gasteiger partial charge in [-0.25, -0.2) is 5.10 Å². The normalized spacial score (nSPS) is 12.3. The summed E-state index contributed by atoms with van der Waals surface area (Å²) >= 11 is 0. The zero-order chi connectivity index (χ0) is 14.5. The molecule has 6 heteroatoms. The SMILES string of the molecule is COCCC(C)NC(=O)c1n[nH]c(=O)c2ccccc12. The zero-order valence-corrected chi connectivity index (χ0v) is 11.5. The van der Waals surface area contributed by atoms with Crippen molar-refractivity contribution in [3.63, 3.8) is 0 Å². The van der Waals surface area contributed by atoms with Gasteiger partial charge in [0.15, 0.2) is 5.69 Å². The van der Waals surface area contributed by atoms with E-state index in [-0.39, 0.29) is 23.2 Å². The molecule has 1 unspecified atom stereocenters. The van der Waals surface area contributed by atoms with Crippen LogP contribution in [0.25, 0.3) is 10.8 Å². The minimum absolute atomic E-state index is 0.0325. The lowest BCUT2D eigenvalue weighted by Crippen LogP contribution is -2.34. The molecule has 2 aromatic rings. The number of hydrogen-bond donors (Lipinski definition) is 2. The Hall–Kier alpha value is -2.21. The molecule has 6 nitrogen and oxygen atoms in total. The van der Waals surface area contributed by atoms with E-state index >= 15 is 0 Å². The number of amides is 1. The predicted octanol–water partition coefficient (Wildman–Crippen LogP) is 1.08. The van der Waals surface area contributed by atoms with Crippen molar-refractivity contribution < 1.29 is 9.53 Å². The van der Waals surface area contributed by atoms with Crippen LogP contribution in [0.3, 0.4) is 0 Å². The molecule has 1 aromatic heterocycles. The second-order valence-electron chi connectivity index (χ2n) is 4.60. The van der Waals surface area contributed by atoms with Gasteiger partial charge in [0.25, 0.3) is 11.5 Å². The summed E-state index contributed by atoms with van der Waals surface area (Å²) in [6.45, 7) is 2.46. The first-order chi connectivity index (χ1) is 9.63. The molecular weight excluding hydrogens is 258 g/mol. The molecule has 0 radical (unpaired) electrons. The maximum Gasteiger partial charge on any atom is 0.272 e. The van der Waals surface area contributed by atoms with Crippen LogP contribution in [0.4, 0.5) is 0 Å². The molecule has 2 rings (SSSR count). The molecule has 20 heavy (non-hydrogen) atoms. The Morgan fingerprint density at radius 2 is 2.10 bits per heavy atom. The van der Waals surface area contributed by atoms with E-state index in [1.165, 1.54) is 0 Å². The summed E-state index contributed by atoms with van der Waals surface area (Å²) in [5, 5.41) is 10.1. The third-order valence-corrected chi connectivity index (χ3v) is 3.04. The van der Waals surface area contributed by atoms with Crippen molar-refractivity contribution in [3.05, 3.63) is 40.3 Å². The number of ether oxygens (including phenoxy) is 1. The highest BCUT2D eigenvalue weighted by Crippen LogP contribution is 2.12. The van der Waals surface area contributed by atoms with Gasteiger partial charge >= 0.3 is 0 Å². The molecule has 2 N–H and O–H groups in total. The van der Waals surface area contributed by atoms with Gasteiger partial charge < -0.3 is 10.1 Å². The van der Waals surface area contributed by atoms with E-state index in [1.54, 1.807) is 31.4 Å². The van der Waals surface area contributed by atoms with Gasteiger partial charge in [-0.3, -0.25) is 9.59 Å². The quantitative estimate of drug-likeness (QED) is 0.855. The van der Waals surface area contributed by atoms with Gasteiger partial charge in [-0.1, -0.05) is 18.2 Å². The average Bonchev–Trinajstić information content (AvgIpc) is 2.45. The van der Waals surface area contributed by atoms with Crippen molar-refractivity contribution in [2.45, 2.75) is 19.4 Å². The molecular formula is C14H17N3O3. The average molecular weight is 275 g/mol. The number of carbonyl (C=O) groups excluding carboxylic acids is 1. The number of nitrogens with zero attached hydrogens (tertiary/aromatic N) is 1. The minimum atomic E-state index is -0.305. The maximum absolute atomic E-state index is 12.2. The van der Waals surface area contributed by atoms with E-state index in [0.717, 1.165) is 0 Å². The summed E-state index contributed by atoms with van der Waals surface area (Å²) in [5.41, 5.74) is -0.0750. The standard InChI is InChI=1S/C14H17N3O3/c1-9(7-8-20-2)15-14(19)12-10-5-3-4-6-11(10)13(18)17-16-12/h3-6,9H,7-8H2,1-2H3,(H,15,19)(H,17,18). The molecule has 0 aliphatic heterocycles. The fourth-order valence-corrected chi connectivity index (χ4v) is 1.95. The maximum atomic E-state index is 12.2. The molecule has 0 aliphatic carbocycles. The zero-order valence-electron chi connectivity index (χ0n) is 11.5. The molecule has 1 heterocycles. The van der Waals surface area contributed by atoms with Crippen molar-refractivity contribution >= 4 is 16.7 Å². The van der Waals surface area contributed by atoms with Crippen molar-refractivity contribution in [2.75, 3.05) is 13.7 Å². The first-order valence-corrected chi connectivity index (χ1v) is 6.40. The Morgan fingerprint density at radius 3 is 2.80 bits per heavy atom. The van der Waals surface area contributed by atoms with Gasteiger partial charge in [-0.2, -0.15) is 5.10 Å². The van der Waals surface area contributed by atoms with E-state index in [9.17, 15) is 9.59 Å². The van der Waals surface area contributed by atoms with Crippen molar-refractivity contribution in [2.24, 2.45) is 0 Å². The van der Waals surface area contributed by atoms with Crippen LogP contribution in [0.5, 0.6) is 0 Å². The highest BCUT2D eigenvalue weighted by molar-refractivity contribution is 6.04. The van der Waals surface area contributed by atoms with Crippen LogP contribution < -0.4 is 10.9 Å². The lowest BCUT2D eigenvalue weighted by Gasteiger charge is -2.13. The highest BCUT2D eigenvalue weighted by Gasteiger charge is 2.15. The van der Waals surface area contributed by atoms with Crippen LogP contribution in [0.15, 0.2) is 29.1 Å². The summed E-state index contributed by atoms with van der Waals surface area (Å²) in [7, 11) is 1.62. The van der Waals surface area contributed by atoms with E-state index in [1.807, 2.05) is 6.92 Å². The summed E-state index contributed by atoms with van der Waals surface area (Å²) in [6, 6.07) is 6.87. The van der Waals surface area contributed by atoms with Crippen molar-refractivity contribution in [3.8, 4) is 0 Å². The van der Waals surface area contributed by atoms with Crippen LogP contribution in [0.1, 0.15) is 23.8 Å². The summed E-state index contributed by atoms with van der Waals surface area (Å²) in [6.07, 6.45) is 0.712. The number of H-pyrrole nitrogens is 1. The Balaban J connectivity index is 2.27.